The predicted molar refractivity (Wildman–Crippen MR) is 240 cm³/mol. The maximum absolute atomic E-state index is 7.12. The summed E-state index contributed by atoms with van der Waals surface area (Å²) in [7, 11) is 0. The number of allylic oxidation sites excluding steroid dienone is 9. The molecular weight excluding hydrogens is 711 g/mol. The molecule has 298 valence electrons. The zero-order valence-corrected chi connectivity index (χ0v) is 36.6. The monoisotopic (exact) mass is 776 g/mol. The molecule has 11 aliphatic rings. The van der Waals surface area contributed by atoms with Crippen molar-refractivity contribution in [3.05, 3.63) is 96.8 Å². The minimum Gasteiger partial charge on any atom is -0.459 e. The number of rotatable bonds is 2. The number of aryl methyl sites for hydroxylation is 1. The molecule has 0 N–H and O–H groups in total. The Morgan fingerprint density at radius 3 is 2.56 bits per heavy atom. The molecule has 1 spiro atoms. The lowest BCUT2D eigenvalue weighted by atomic mass is 9.26. The molecule has 1 aromatic rings. The van der Waals surface area contributed by atoms with E-state index in [9.17, 15) is 0 Å². The molecular formula is C52H65BN2OS. The Labute approximate surface area is 347 Å². The maximum Gasteiger partial charge on any atom is 0.200 e. The van der Waals surface area contributed by atoms with Gasteiger partial charge >= 0.3 is 0 Å². The quantitative estimate of drug-likeness (QED) is 0.279. The van der Waals surface area contributed by atoms with Gasteiger partial charge < -0.3 is 9.32 Å². The first-order valence-corrected chi connectivity index (χ1v) is 24.4. The first-order valence-electron chi connectivity index (χ1n) is 23.5. The Balaban J connectivity index is 1.13. The minimum absolute atomic E-state index is 0.175. The topological polar surface area (TPSA) is 19.6 Å². The number of furan rings is 1. The van der Waals surface area contributed by atoms with Crippen LogP contribution in [0.15, 0.2) is 79.2 Å². The normalized spacial score (nSPS) is 35.9. The van der Waals surface area contributed by atoms with Crippen molar-refractivity contribution in [1.82, 2.24) is 9.80 Å². The van der Waals surface area contributed by atoms with Crippen molar-refractivity contribution in [3.63, 3.8) is 0 Å². The fourth-order valence-electron chi connectivity index (χ4n) is 15.5. The van der Waals surface area contributed by atoms with Gasteiger partial charge in [0.05, 0.1) is 11.7 Å². The number of thioether (sulfide) groups is 1. The Morgan fingerprint density at radius 2 is 1.75 bits per heavy atom. The highest BCUT2D eigenvalue weighted by molar-refractivity contribution is 8.05. The summed E-state index contributed by atoms with van der Waals surface area (Å²) < 4.78 is 7.12. The molecule has 0 amide bonds. The lowest BCUT2D eigenvalue weighted by molar-refractivity contribution is -0.00662. The summed E-state index contributed by atoms with van der Waals surface area (Å²) in [5.74, 6) is 3.21. The Bertz CT molecular complexity index is 2290. The average Bonchev–Trinajstić information content (AvgIpc) is 3.84. The van der Waals surface area contributed by atoms with Crippen molar-refractivity contribution < 1.29 is 4.42 Å². The van der Waals surface area contributed by atoms with E-state index in [1.807, 2.05) is 5.47 Å². The van der Waals surface area contributed by atoms with Crippen molar-refractivity contribution in [1.29, 1.82) is 0 Å². The maximum atomic E-state index is 7.12. The molecule has 3 nitrogen and oxygen atoms in total. The fourth-order valence-corrected chi connectivity index (χ4v) is 17.3. The third-order valence-corrected chi connectivity index (χ3v) is 19.4. The molecule has 57 heavy (non-hydrogen) atoms. The molecule has 1 saturated carbocycles. The van der Waals surface area contributed by atoms with Gasteiger partial charge in [0.15, 0.2) is 5.42 Å². The molecule has 0 radical (unpaired) electrons. The summed E-state index contributed by atoms with van der Waals surface area (Å²) in [5, 5.41) is 1.92. The molecule has 7 unspecified atom stereocenters. The van der Waals surface area contributed by atoms with E-state index in [0.717, 1.165) is 31.6 Å². The highest BCUT2D eigenvalue weighted by atomic mass is 32.2. The minimum atomic E-state index is 0.175. The number of nitrogens with zero attached hydrogens (tertiary/aromatic N) is 2. The van der Waals surface area contributed by atoms with Crippen LogP contribution in [-0.4, -0.2) is 45.3 Å². The van der Waals surface area contributed by atoms with E-state index in [4.69, 9.17) is 4.42 Å². The second-order valence-corrected chi connectivity index (χ2v) is 23.1. The van der Waals surface area contributed by atoms with Crippen molar-refractivity contribution in [2.24, 2.45) is 22.7 Å². The van der Waals surface area contributed by atoms with Gasteiger partial charge in [0, 0.05) is 50.6 Å². The van der Waals surface area contributed by atoms with Crippen LogP contribution in [0, 0.1) is 22.7 Å². The molecule has 1 aromatic heterocycles. The molecule has 4 aliphatic heterocycles. The van der Waals surface area contributed by atoms with E-state index in [2.05, 4.69) is 112 Å². The Morgan fingerprint density at radius 1 is 0.912 bits per heavy atom. The molecule has 12 rings (SSSR count). The van der Waals surface area contributed by atoms with Crippen LogP contribution in [0.1, 0.15) is 149 Å². The summed E-state index contributed by atoms with van der Waals surface area (Å²) in [6.07, 6.45) is 40.3. The van der Waals surface area contributed by atoms with E-state index >= 15 is 0 Å². The molecule has 0 aromatic carbocycles. The van der Waals surface area contributed by atoms with Gasteiger partial charge in [0.2, 0.25) is 6.71 Å². The first-order chi connectivity index (χ1) is 27.5. The van der Waals surface area contributed by atoms with Gasteiger partial charge in [-0.25, -0.2) is 0 Å². The van der Waals surface area contributed by atoms with Crippen LogP contribution in [-0.2, 0) is 6.42 Å². The van der Waals surface area contributed by atoms with Gasteiger partial charge in [0.1, 0.15) is 5.76 Å². The lowest BCUT2D eigenvalue weighted by Gasteiger charge is -2.61. The second kappa shape index (κ2) is 12.7. The van der Waals surface area contributed by atoms with Crippen molar-refractivity contribution in [3.8, 4) is 0 Å². The average molecular weight is 777 g/mol. The van der Waals surface area contributed by atoms with Gasteiger partial charge in [0.25, 0.3) is 0 Å². The third-order valence-electron chi connectivity index (χ3n) is 17.9. The Hall–Kier alpha value is -2.63. The highest BCUT2D eigenvalue weighted by Crippen LogP contribution is 2.70. The van der Waals surface area contributed by atoms with Crippen LogP contribution >= 0.6 is 11.8 Å². The highest BCUT2D eigenvalue weighted by Gasteiger charge is 2.72. The largest absolute Gasteiger partial charge is 0.459 e. The van der Waals surface area contributed by atoms with Crippen molar-refractivity contribution in [2.75, 3.05) is 0 Å². The standard InChI is InChI=1S/C52H65BN2OS/c1-31-26-41-45-42(27-31)55-47-38(52(51(55,5)6)24-13-8-14-25-52)28-33(32-16-9-7-10-17-32)29-39(47)53(45)49-46(37-23-22-34(50(2,3)4)30-44(37)57-49)54(41)40-20-15-19-36-35-18-11-12-21-43(35)56-48(36)40/h7,9,11,16,18-19,29-31,38-39,42,46-47,49H,8,10,12-15,17,20-28H2,1-6H3. The van der Waals surface area contributed by atoms with Crippen LogP contribution < -0.4 is 10.6 Å². The zero-order valence-electron chi connectivity index (χ0n) is 35.8. The van der Waals surface area contributed by atoms with Crippen molar-refractivity contribution >= 4 is 36.3 Å². The Kier molecular flexibility index (Phi) is 8.08. The van der Waals surface area contributed by atoms with Crippen LogP contribution in [0.3, 0.4) is 0 Å². The van der Waals surface area contributed by atoms with Crippen LogP contribution in [0.25, 0.3) is 17.8 Å². The summed E-state index contributed by atoms with van der Waals surface area (Å²) in [6.45, 7) is 16.0. The van der Waals surface area contributed by atoms with E-state index < -0.39 is 0 Å². The van der Waals surface area contributed by atoms with Crippen LogP contribution in [0.5, 0.6) is 0 Å². The van der Waals surface area contributed by atoms with Gasteiger partial charge in [-0.1, -0.05) is 101 Å². The molecule has 7 atom stereocenters. The molecule has 7 aliphatic carbocycles. The first kappa shape index (κ1) is 36.2. The smallest absolute Gasteiger partial charge is 0.200 e. The summed E-state index contributed by atoms with van der Waals surface area (Å²) >= 11 is 2.33. The van der Waals surface area contributed by atoms with Crippen LogP contribution in [0.2, 0.25) is 5.82 Å². The molecule has 3 fully saturated rings. The SMILES string of the molecule is CC1CC2=C3B(C4C=C(C5=CC=CCC5)CC5C4N(C3C1)C(C)(C)C51CCCCC1)C1SC3=C(CCC(C(C)(C)C)=C3)C1N2C1=c2oc3c(c2=CCC1)C=CCC3. The van der Waals surface area contributed by atoms with Gasteiger partial charge in [-0.2, -0.15) is 0 Å². The fraction of sp³-hybridized carbons (Fsp3) is 0.615. The summed E-state index contributed by atoms with van der Waals surface area (Å²) in [5.41, 5.74) is 15.3. The summed E-state index contributed by atoms with van der Waals surface area (Å²) in [6, 6.07) is 1.59. The predicted octanol–water partition coefficient (Wildman–Crippen LogP) is 11.4. The van der Waals surface area contributed by atoms with E-state index in [-0.39, 0.29) is 11.0 Å². The van der Waals surface area contributed by atoms with Crippen molar-refractivity contribution in [2.45, 2.75) is 179 Å². The summed E-state index contributed by atoms with van der Waals surface area (Å²) in [4.78, 5) is 7.96. The molecule has 5 heterocycles. The third kappa shape index (κ3) is 4.97. The number of fused-ring (bicyclic) bond motifs is 9. The van der Waals surface area contributed by atoms with Gasteiger partial charge in [-0.15, -0.1) is 11.8 Å². The zero-order chi connectivity index (χ0) is 38.6. The van der Waals surface area contributed by atoms with E-state index in [1.165, 1.54) is 105 Å². The van der Waals surface area contributed by atoms with Crippen LogP contribution in [0.4, 0.5) is 0 Å². The molecule has 2 saturated heterocycles. The van der Waals surface area contributed by atoms with Gasteiger partial charge in [-0.05, 0) is 142 Å². The van der Waals surface area contributed by atoms with E-state index in [0.29, 0.717) is 47.1 Å². The number of hydrogen-bond acceptors (Lipinski definition) is 4. The molecule has 5 heteroatoms. The van der Waals surface area contributed by atoms with E-state index in [1.54, 1.807) is 32.9 Å². The number of hydrogen-bond donors (Lipinski definition) is 0. The van der Waals surface area contributed by atoms with Gasteiger partial charge in [-0.3, -0.25) is 4.90 Å². The molecule has 0 bridgehead atoms. The lowest BCUT2D eigenvalue weighted by Crippen LogP contribution is -2.69. The second-order valence-electron chi connectivity index (χ2n) is 21.9.